The van der Waals surface area contributed by atoms with Gasteiger partial charge >= 0.3 is 0 Å². The molecule has 0 atom stereocenters. The molecule has 0 heterocycles. The average molecular weight is 186 g/mol. The molecule has 0 amide bonds. The van der Waals surface area contributed by atoms with Crippen molar-refractivity contribution < 1.29 is 5.11 Å². The summed E-state index contributed by atoms with van der Waals surface area (Å²) < 4.78 is 0. The Morgan fingerprint density at radius 3 is 2.46 bits per heavy atom. The Balaban J connectivity index is 2.67. The number of hydrazine groups is 1. The summed E-state index contributed by atoms with van der Waals surface area (Å²) in [7, 11) is 0. The highest BCUT2D eigenvalue weighted by Gasteiger charge is 2.30. The van der Waals surface area contributed by atoms with Crippen LogP contribution in [0.4, 0.5) is 0 Å². The predicted octanol–water partition coefficient (Wildman–Crippen LogP) is -0.540. The van der Waals surface area contributed by atoms with Gasteiger partial charge in [-0.1, -0.05) is 19.3 Å². The zero-order chi connectivity index (χ0) is 9.73. The summed E-state index contributed by atoms with van der Waals surface area (Å²) in [4.78, 5) is 4.21. The van der Waals surface area contributed by atoms with Gasteiger partial charge in [0.25, 0.3) is 0 Å². The van der Waals surface area contributed by atoms with Crippen molar-refractivity contribution in [3.05, 3.63) is 0 Å². The van der Waals surface area contributed by atoms with Crippen molar-refractivity contribution in [3.63, 3.8) is 0 Å². The van der Waals surface area contributed by atoms with E-state index in [-0.39, 0.29) is 18.1 Å². The van der Waals surface area contributed by atoms with E-state index in [4.69, 9.17) is 11.6 Å². The number of rotatable bonds is 2. The molecule has 0 aromatic heterocycles. The molecule has 1 aliphatic rings. The maximum atomic E-state index is 9.25. The molecule has 0 bridgehead atoms. The van der Waals surface area contributed by atoms with Gasteiger partial charge in [0.15, 0.2) is 0 Å². The van der Waals surface area contributed by atoms with Crippen LogP contribution in [0.25, 0.3) is 0 Å². The van der Waals surface area contributed by atoms with Gasteiger partial charge in [-0.2, -0.15) is 0 Å². The van der Waals surface area contributed by atoms with E-state index < -0.39 is 0 Å². The first-order valence-electron chi connectivity index (χ1n) is 4.65. The summed E-state index contributed by atoms with van der Waals surface area (Å²) in [5, 5.41) is 9.25. The number of nitrogens with zero attached hydrogens (tertiary/aromatic N) is 1. The van der Waals surface area contributed by atoms with E-state index in [9.17, 15) is 5.11 Å². The molecule has 1 saturated carbocycles. The maximum Gasteiger partial charge on any atom is 0.203 e. The number of aliphatic hydroxyl groups excluding tert-OH is 1. The summed E-state index contributed by atoms with van der Waals surface area (Å²) in [6, 6.07) is 0. The number of nitrogens with two attached hydrogens (primary N) is 2. The van der Waals surface area contributed by atoms with Crippen LogP contribution in [0.5, 0.6) is 0 Å². The zero-order valence-electron chi connectivity index (χ0n) is 7.79. The first kappa shape index (κ1) is 10.3. The summed E-state index contributed by atoms with van der Waals surface area (Å²) >= 11 is 0. The van der Waals surface area contributed by atoms with Gasteiger partial charge < -0.3 is 10.8 Å². The predicted molar refractivity (Wildman–Crippen MR) is 51.8 cm³/mol. The molecule has 0 saturated heterocycles. The number of aliphatic hydroxyl groups is 1. The second kappa shape index (κ2) is 4.43. The van der Waals surface area contributed by atoms with E-state index in [0.29, 0.717) is 0 Å². The minimum atomic E-state index is -0.380. The third-order valence-electron chi connectivity index (χ3n) is 2.58. The molecule has 6 N–H and O–H groups in total. The van der Waals surface area contributed by atoms with Crippen LogP contribution >= 0.6 is 0 Å². The fraction of sp³-hybridized carbons (Fsp3) is 0.875. The van der Waals surface area contributed by atoms with Gasteiger partial charge in [-0.25, -0.2) is 10.8 Å². The topological polar surface area (TPSA) is 96.7 Å². The Hall–Kier alpha value is -0.810. The lowest BCUT2D eigenvalue weighted by atomic mass is 9.83. The van der Waals surface area contributed by atoms with Crippen molar-refractivity contribution in [2.45, 2.75) is 37.6 Å². The van der Waals surface area contributed by atoms with Gasteiger partial charge in [0.1, 0.15) is 0 Å². The minimum Gasteiger partial charge on any atom is -0.394 e. The number of aliphatic imine (C=N–C) groups is 1. The summed E-state index contributed by atoms with van der Waals surface area (Å²) in [5.41, 5.74) is 7.38. The third-order valence-corrected chi connectivity index (χ3v) is 2.58. The smallest absolute Gasteiger partial charge is 0.203 e. The van der Waals surface area contributed by atoms with Crippen LogP contribution in [0.3, 0.4) is 0 Å². The molecule has 0 spiro atoms. The first-order chi connectivity index (χ1) is 6.22. The number of nitrogens with one attached hydrogen (secondary N) is 1. The Labute approximate surface area is 78.2 Å². The number of guanidine groups is 1. The van der Waals surface area contributed by atoms with E-state index in [2.05, 4.69) is 10.4 Å². The first-order valence-corrected chi connectivity index (χ1v) is 4.65. The van der Waals surface area contributed by atoms with E-state index in [0.717, 1.165) is 25.7 Å². The van der Waals surface area contributed by atoms with Gasteiger partial charge in [0.05, 0.1) is 12.1 Å². The Kier molecular flexibility index (Phi) is 3.50. The summed E-state index contributed by atoms with van der Waals surface area (Å²) in [5.74, 6) is 5.32. The summed E-state index contributed by atoms with van der Waals surface area (Å²) in [6.07, 6.45) is 5.20. The van der Waals surface area contributed by atoms with Crippen LogP contribution < -0.4 is 17.0 Å². The molecule has 76 valence electrons. The Morgan fingerprint density at radius 1 is 1.38 bits per heavy atom. The van der Waals surface area contributed by atoms with E-state index >= 15 is 0 Å². The number of hydrogen-bond donors (Lipinski definition) is 4. The van der Waals surface area contributed by atoms with Crippen LogP contribution in [0.1, 0.15) is 32.1 Å². The van der Waals surface area contributed by atoms with Crippen LogP contribution in [-0.4, -0.2) is 23.2 Å². The quantitative estimate of drug-likeness (QED) is 0.201. The molecule has 0 aliphatic heterocycles. The lowest BCUT2D eigenvalue weighted by Gasteiger charge is -2.31. The minimum absolute atomic E-state index is 0.0510. The van der Waals surface area contributed by atoms with Crippen LogP contribution in [0.15, 0.2) is 4.99 Å². The van der Waals surface area contributed by atoms with Crippen molar-refractivity contribution in [2.24, 2.45) is 16.6 Å². The molecular weight excluding hydrogens is 168 g/mol. The van der Waals surface area contributed by atoms with Crippen LogP contribution in [-0.2, 0) is 0 Å². The molecule has 5 nitrogen and oxygen atoms in total. The van der Waals surface area contributed by atoms with Crippen LogP contribution in [0.2, 0.25) is 0 Å². The van der Waals surface area contributed by atoms with Crippen molar-refractivity contribution in [2.75, 3.05) is 6.61 Å². The van der Waals surface area contributed by atoms with E-state index in [1.807, 2.05) is 0 Å². The van der Waals surface area contributed by atoms with Crippen molar-refractivity contribution >= 4 is 5.96 Å². The zero-order valence-corrected chi connectivity index (χ0v) is 7.79. The fourth-order valence-electron chi connectivity index (χ4n) is 1.80. The maximum absolute atomic E-state index is 9.25. The van der Waals surface area contributed by atoms with Gasteiger partial charge in [0, 0.05) is 0 Å². The lowest BCUT2D eigenvalue weighted by molar-refractivity contribution is 0.158. The van der Waals surface area contributed by atoms with Crippen molar-refractivity contribution in [3.8, 4) is 0 Å². The van der Waals surface area contributed by atoms with E-state index in [1.165, 1.54) is 6.42 Å². The average Bonchev–Trinajstić information content (AvgIpc) is 2.19. The lowest BCUT2D eigenvalue weighted by Crippen LogP contribution is -2.43. The molecular formula is C8H18N4O. The molecule has 13 heavy (non-hydrogen) atoms. The molecule has 1 fully saturated rings. The number of hydrogen-bond acceptors (Lipinski definition) is 3. The van der Waals surface area contributed by atoms with Crippen LogP contribution in [0, 0.1) is 0 Å². The van der Waals surface area contributed by atoms with Gasteiger partial charge in [0.2, 0.25) is 5.96 Å². The highest BCUT2D eigenvalue weighted by Crippen LogP contribution is 2.30. The van der Waals surface area contributed by atoms with Gasteiger partial charge in [-0.3, -0.25) is 5.43 Å². The second-order valence-electron chi connectivity index (χ2n) is 3.58. The molecule has 0 unspecified atom stereocenters. The Bertz CT molecular complexity index is 187. The highest BCUT2D eigenvalue weighted by atomic mass is 16.3. The normalized spacial score (nSPS) is 22.8. The molecule has 0 aromatic rings. The van der Waals surface area contributed by atoms with Gasteiger partial charge in [-0.15, -0.1) is 0 Å². The van der Waals surface area contributed by atoms with E-state index in [1.54, 1.807) is 0 Å². The van der Waals surface area contributed by atoms with Crippen molar-refractivity contribution in [1.82, 2.24) is 5.43 Å². The highest BCUT2D eigenvalue weighted by molar-refractivity contribution is 5.77. The fourth-order valence-corrected chi connectivity index (χ4v) is 1.80. The summed E-state index contributed by atoms with van der Waals surface area (Å²) in [6.45, 7) is 0.0510. The standard InChI is InChI=1S/C8H18N4O/c9-7(12-10)11-8(6-13)4-2-1-3-5-8/h13H,1-6,10H2,(H3,9,11,12). The molecule has 0 radical (unpaired) electrons. The Morgan fingerprint density at radius 2 is 2.00 bits per heavy atom. The second-order valence-corrected chi connectivity index (χ2v) is 3.58. The largest absolute Gasteiger partial charge is 0.394 e. The molecule has 5 heteroatoms. The van der Waals surface area contributed by atoms with Gasteiger partial charge in [-0.05, 0) is 12.8 Å². The van der Waals surface area contributed by atoms with Crippen molar-refractivity contribution in [1.29, 1.82) is 0 Å². The SMILES string of the molecule is NNC(N)=NC1(CO)CCCCC1. The molecule has 1 aliphatic carbocycles. The third kappa shape index (κ3) is 2.57. The monoisotopic (exact) mass is 186 g/mol. The molecule has 0 aromatic carbocycles. The molecule has 1 rings (SSSR count).